The van der Waals surface area contributed by atoms with Gasteiger partial charge in [0.2, 0.25) is 9.84 Å². The minimum Gasteiger partial charge on any atom is -0.508 e. The number of aryl methyl sites for hydroxylation is 2. The average Bonchev–Trinajstić information content (AvgIpc) is 3.12. The van der Waals surface area contributed by atoms with Gasteiger partial charge < -0.3 is 15.4 Å². The van der Waals surface area contributed by atoms with Crippen LogP contribution in [0, 0.1) is 13.8 Å². The summed E-state index contributed by atoms with van der Waals surface area (Å²) in [7, 11) is -4.03. The SMILES string of the molecule is Cc1cc(C)cc(S(=O)(=O)c2c(C(=O)NCc3ccc(O)cc3)[nH]c3ccc(Cl)cc23)c1. The van der Waals surface area contributed by atoms with Gasteiger partial charge in [-0.2, -0.15) is 0 Å². The van der Waals surface area contributed by atoms with E-state index in [-0.39, 0.29) is 27.8 Å². The Hall–Kier alpha value is -3.29. The van der Waals surface area contributed by atoms with Gasteiger partial charge in [0.25, 0.3) is 5.91 Å². The Labute approximate surface area is 190 Å². The number of carbonyl (C=O) groups is 1. The molecule has 0 saturated carbocycles. The van der Waals surface area contributed by atoms with E-state index in [1.165, 1.54) is 12.1 Å². The standard InChI is InChI=1S/C24H21ClN2O4S/c1-14-9-15(2)11-19(10-14)32(30,31)23-20-12-17(25)5-8-21(20)27-22(23)24(29)26-13-16-3-6-18(28)7-4-16/h3-12,27-28H,13H2,1-2H3,(H,26,29). The highest BCUT2D eigenvalue weighted by molar-refractivity contribution is 7.91. The summed E-state index contributed by atoms with van der Waals surface area (Å²) in [6.07, 6.45) is 0. The summed E-state index contributed by atoms with van der Waals surface area (Å²) in [6.45, 7) is 3.81. The molecule has 0 atom stereocenters. The maximum Gasteiger partial charge on any atom is 0.269 e. The van der Waals surface area contributed by atoms with Gasteiger partial charge in [-0.15, -0.1) is 0 Å². The molecular formula is C24H21ClN2O4S. The molecule has 0 radical (unpaired) electrons. The number of hydrogen-bond acceptors (Lipinski definition) is 4. The zero-order valence-corrected chi connectivity index (χ0v) is 19.0. The van der Waals surface area contributed by atoms with Crippen LogP contribution in [0.5, 0.6) is 5.75 Å². The monoisotopic (exact) mass is 468 g/mol. The third kappa shape index (κ3) is 4.22. The van der Waals surface area contributed by atoms with Crippen molar-refractivity contribution < 1.29 is 18.3 Å². The number of aromatic amines is 1. The highest BCUT2D eigenvalue weighted by Crippen LogP contribution is 2.34. The van der Waals surface area contributed by atoms with Crippen LogP contribution >= 0.6 is 11.6 Å². The molecule has 0 bridgehead atoms. The van der Waals surface area contributed by atoms with Crippen molar-refractivity contribution in [2.24, 2.45) is 0 Å². The zero-order valence-electron chi connectivity index (χ0n) is 17.4. The molecule has 1 amide bonds. The molecule has 164 valence electrons. The first kappa shape index (κ1) is 21.9. The number of phenols is 1. The van der Waals surface area contributed by atoms with Gasteiger partial charge in [-0.25, -0.2) is 8.42 Å². The van der Waals surface area contributed by atoms with Crippen LogP contribution in [-0.4, -0.2) is 24.4 Å². The van der Waals surface area contributed by atoms with Gasteiger partial charge in [0.1, 0.15) is 16.3 Å². The Kier molecular flexibility index (Phi) is 5.71. The quantitative estimate of drug-likeness (QED) is 0.387. The first-order valence-corrected chi connectivity index (χ1v) is 11.7. The molecule has 8 heteroatoms. The molecule has 0 aliphatic rings. The topological polar surface area (TPSA) is 99.3 Å². The minimum absolute atomic E-state index is 0.0554. The number of rotatable bonds is 5. The molecule has 1 aromatic heterocycles. The average molecular weight is 469 g/mol. The largest absolute Gasteiger partial charge is 0.508 e. The highest BCUT2D eigenvalue weighted by atomic mass is 35.5. The van der Waals surface area contributed by atoms with Gasteiger partial charge in [0.15, 0.2) is 0 Å². The molecule has 0 aliphatic carbocycles. The van der Waals surface area contributed by atoms with E-state index in [2.05, 4.69) is 10.3 Å². The molecule has 0 unspecified atom stereocenters. The normalized spacial score (nSPS) is 11.6. The number of amides is 1. The predicted octanol–water partition coefficient (Wildman–Crippen LogP) is 4.91. The van der Waals surface area contributed by atoms with E-state index in [1.54, 1.807) is 42.5 Å². The van der Waals surface area contributed by atoms with Gasteiger partial charge >= 0.3 is 0 Å². The molecule has 0 spiro atoms. The number of aromatic hydroxyl groups is 1. The fourth-order valence-corrected chi connectivity index (χ4v) is 5.63. The van der Waals surface area contributed by atoms with E-state index < -0.39 is 15.7 Å². The fraction of sp³-hybridized carbons (Fsp3) is 0.125. The molecule has 3 aromatic carbocycles. The lowest BCUT2D eigenvalue weighted by Crippen LogP contribution is -2.25. The smallest absolute Gasteiger partial charge is 0.269 e. The van der Waals surface area contributed by atoms with Crippen molar-refractivity contribution in [2.45, 2.75) is 30.2 Å². The Morgan fingerprint density at radius 1 is 1.00 bits per heavy atom. The second-order valence-corrected chi connectivity index (χ2v) is 10.0. The fourth-order valence-electron chi connectivity index (χ4n) is 3.67. The maximum atomic E-state index is 13.7. The van der Waals surface area contributed by atoms with Crippen molar-refractivity contribution in [3.63, 3.8) is 0 Å². The lowest BCUT2D eigenvalue weighted by atomic mass is 10.2. The molecule has 6 nitrogen and oxygen atoms in total. The van der Waals surface area contributed by atoms with E-state index in [0.29, 0.717) is 15.9 Å². The second-order valence-electron chi connectivity index (χ2n) is 7.70. The van der Waals surface area contributed by atoms with E-state index in [1.807, 2.05) is 19.9 Å². The molecule has 32 heavy (non-hydrogen) atoms. The van der Waals surface area contributed by atoms with E-state index in [9.17, 15) is 18.3 Å². The summed E-state index contributed by atoms with van der Waals surface area (Å²) in [4.78, 5) is 16.0. The van der Waals surface area contributed by atoms with Crippen molar-refractivity contribution >= 4 is 38.2 Å². The number of benzene rings is 3. The summed E-state index contributed by atoms with van der Waals surface area (Å²) in [6, 6.07) is 16.3. The molecule has 0 aliphatic heterocycles. The Bertz CT molecular complexity index is 1420. The minimum atomic E-state index is -4.03. The van der Waals surface area contributed by atoms with Gasteiger partial charge in [-0.3, -0.25) is 4.79 Å². The number of phenolic OH excluding ortho intramolecular Hbond substituents is 1. The van der Waals surface area contributed by atoms with Gasteiger partial charge in [0.05, 0.1) is 4.90 Å². The van der Waals surface area contributed by atoms with E-state index in [4.69, 9.17) is 11.6 Å². The number of hydrogen-bond donors (Lipinski definition) is 3. The maximum absolute atomic E-state index is 13.7. The molecule has 4 rings (SSSR count). The summed E-state index contributed by atoms with van der Waals surface area (Å²) < 4.78 is 27.4. The predicted molar refractivity (Wildman–Crippen MR) is 124 cm³/mol. The van der Waals surface area contributed by atoms with Crippen molar-refractivity contribution in [3.8, 4) is 5.75 Å². The number of nitrogens with one attached hydrogen (secondary N) is 2. The number of sulfone groups is 1. The lowest BCUT2D eigenvalue weighted by Gasteiger charge is -2.10. The number of H-pyrrole nitrogens is 1. The Balaban J connectivity index is 1.82. The van der Waals surface area contributed by atoms with Gasteiger partial charge in [-0.05, 0) is 73.0 Å². The van der Waals surface area contributed by atoms with Crippen molar-refractivity contribution in [1.29, 1.82) is 0 Å². The number of halogens is 1. The zero-order chi connectivity index (χ0) is 23.0. The first-order valence-electron chi connectivity index (χ1n) is 9.86. The van der Waals surface area contributed by atoms with Crippen molar-refractivity contribution in [2.75, 3.05) is 0 Å². The van der Waals surface area contributed by atoms with E-state index in [0.717, 1.165) is 16.7 Å². The highest BCUT2D eigenvalue weighted by Gasteiger charge is 2.30. The summed E-state index contributed by atoms with van der Waals surface area (Å²) >= 11 is 6.15. The first-order chi connectivity index (χ1) is 15.1. The summed E-state index contributed by atoms with van der Waals surface area (Å²) in [5, 5.41) is 12.9. The third-order valence-corrected chi connectivity index (χ3v) is 7.16. The molecular weight excluding hydrogens is 448 g/mol. The van der Waals surface area contributed by atoms with Crippen LogP contribution in [0.15, 0.2) is 70.5 Å². The number of carbonyl (C=O) groups excluding carboxylic acids is 1. The second kappa shape index (κ2) is 8.33. The summed E-state index contributed by atoms with van der Waals surface area (Å²) in [5.41, 5.74) is 2.81. The van der Waals surface area contributed by atoms with Crippen LogP contribution in [-0.2, 0) is 16.4 Å². The molecule has 4 aromatic rings. The van der Waals surface area contributed by atoms with Gasteiger partial charge in [0, 0.05) is 22.5 Å². The van der Waals surface area contributed by atoms with E-state index >= 15 is 0 Å². The Morgan fingerprint density at radius 2 is 1.66 bits per heavy atom. The summed E-state index contributed by atoms with van der Waals surface area (Å²) in [5.74, 6) is -0.442. The molecule has 1 heterocycles. The molecule has 3 N–H and O–H groups in total. The van der Waals surface area contributed by atoms with Crippen LogP contribution in [0.1, 0.15) is 27.2 Å². The van der Waals surface area contributed by atoms with Crippen LogP contribution in [0.2, 0.25) is 5.02 Å². The Morgan fingerprint density at radius 3 is 2.31 bits per heavy atom. The molecule has 0 fully saturated rings. The van der Waals surface area contributed by atoms with Crippen LogP contribution in [0.3, 0.4) is 0 Å². The van der Waals surface area contributed by atoms with Crippen molar-refractivity contribution in [1.82, 2.24) is 10.3 Å². The van der Waals surface area contributed by atoms with Crippen LogP contribution in [0.4, 0.5) is 0 Å². The number of fused-ring (bicyclic) bond motifs is 1. The van der Waals surface area contributed by atoms with Crippen molar-refractivity contribution in [3.05, 3.63) is 88.1 Å². The van der Waals surface area contributed by atoms with Gasteiger partial charge in [-0.1, -0.05) is 29.8 Å². The third-order valence-electron chi connectivity index (χ3n) is 5.10. The molecule has 0 saturated heterocycles. The van der Waals surface area contributed by atoms with Crippen LogP contribution < -0.4 is 5.32 Å². The van der Waals surface area contributed by atoms with Crippen LogP contribution in [0.25, 0.3) is 10.9 Å². The lowest BCUT2D eigenvalue weighted by molar-refractivity contribution is 0.0943. The number of aromatic nitrogens is 1.